The fourth-order valence-corrected chi connectivity index (χ4v) is 2.29. The van der Waals surface area contributed by atoms with Crippen molar-refractivity contribution in [2.24, 2.45) is 0 Å². The van der Waals surface area contributed by atoms with Crippen molar-refractivity contribution >= 4 is 15.9 Å². The highest BCUT2D eigenvalue weighted by molar-refractivity contribution is 9.10. The molecule has 94 valence electrons. The summed E-state index contributed by atoms with van der Waals surface area (Å²) in [5.74, 6) is 0.290. The summed E-state index contributed by atoms with van der Waals surface area (Å²) < 4.78 is 16.0. The van der Waals surface area contributed by atoms with Crippen molar-refractivity contribution in [2.75, 3.05) is 0 Å². The van der Waals surface area contributed by atoms with Crippen LogP contribution in [0.3, 0.4) is 0 Å². The van der Waals surface area contributed by atoms with Gasteiger partial charge in [-0.05, 0) is 30.3 Å². The van der Waals surface area contributed by atoms with E-state index < -0.39 is 0 Å². The van der Waals surface area contributed by atoms with Crippen LogP contribution >= 0.6 is 15.9 Å². The van der Waals surface area contributed by atoms with E-state index in [2.05, 4.69) is 26.1 Å². The van der Waals surface area contributed by atoms with Crippen molar-refractivity contribution in [1.82, 2.24) is 14.8 Å². The van der Waals surface area contributed by atoms with Gasteiger partial charge in [0, 0.05) is 15.7 Å². The summed E-state index contributed by atoms with van der Waals surface area (Å²) in [4.78, 5) is 0. The summed E-state index contributed by atoms with van der Waals surface area (Å²) in [7, 11) is 0. The van der Waals surface area contributed by atoms with Crippen LogP contribution in [0.15, 0.2) is 59.3 Å². The number of rotatable bonds is 2. The molecule has 0 unspecified atom stereocenters. The molecule has 0 atom stereocenters. The Kier molecular flexibility index (Phi) is 3.13. The lowest BCUT2D eigenvalue weighted by Gasteiger charge is -2.08. The van der Waals surface area contributed by atoms with Crippen LogP contribution in [-0.4, -0.2) is 14.8 Å². The van der Waals surface area contributed by atoms with Crippen LogP contribution in [-0.2, 0) is 0 Å². The third kappa shape index (κ3) is 2.29. The zero-order chi connectivity index (χ0) is 13.2. The third-order valence-electron chi connectivity index (χ3n) is 2.75. The van der Waals surface area contributed by atoms with E-state index in [0.29, 0.717) is 11.4 Å². The van der Waals surface area contributed by atoms with Gasteiger partial charge in [-0.15, -0.1) is 10.2 Å². The van der Waals surface area contributed by atoms with Crippen LogP contribution in [0.1, 0.15) is 0 Å². The second-order valence-corrected chi connectivity index (χ2v) is 4.84. The van der Waals surface area contributed by atoms with Gasteiger partial charge in [0.25, 0.3) is 0 Å². The molecule has 2 aromatic carbocycles. The maximum Gasteiger partial charge on any atom is 0.169 e. The summed E-state index contributed by atoms with van der Waals surface area (Å²) in [6.45, 7) is 0. The van der Waals surface area contributed by atoms with E-state index in [4.69, 9.17) is 0 Å². The molecule has 5 heteroatoms. The van der Waals surface area contributed by atoms with E-state index in [9.17, 15) is 4.39 Å². The lowest BCUT2D eigenvalue weighted by atomic mass is 10.2. The predicted molar refractivity (Wildman–Crippen MR) is 74.5 cm³/mol. The highest BCUT2D eigenvalue weighted by atomic mass is 79.9. The van der Waals surface area contributed by atoms with Crippen LogP contribution in [0.5, 0.6) is 0 Å². The largest absolute Gasteiger partial charge is 0.282 e. The molecular formula is C14H9BrFN3. The average molecular weight is 318 g/mol. The van der Waals surface area contributed by atoms with Gasteiger partial charge in [-0.25, -0.2) is 4.39 Å². The lowest BCUT2D eigenvalue weighted by molar-refractivity contribution is 0.628. The van der Waals surface area contributed by atoms with Crippen molar-refractivity contribution in [3.8, 4) is 17.1 Å². The number of aromatic nitrogens is 3. The molecular weight excluding hydrogens is 309 g/mol. The Bertz CT molecular complexity index is 710. The topological polar surface area (TPSA) is 30.7 Å². The number of para-hydroxylation sites is 1. The first-order chi connectivity index (χ1) is 9.25. The average Bonchev–Trinajstić information content (AvgIpc) is 2.91. The molecule has 0 aliphatic heterocycles. The molecule has 0 saturated carbocycles. The Morgan fingerprint density at radius 3 is 2.63 bits per heavy atom. The maximum absolute atomic E-state index is 13.4. The molecule has 0 bridgehead atoms. The molecule has 3 aromatic rings. The molecule has 0 fully saturated rings. The van der Waals surface area contributed by atoms with Gasteiger partial charge >= 0.3 is 0 Å². The van der Waals surface area contributed by atoms with Gasteiger partial charge in [0.2, 0.25) is 0 Å². The van der Waals surface area contributed by atoms with Crippen LogP contribution < -0.4 is 0 Å². The molecule has 0 spiro atoms. The van der Waals surface area contributed by atoms with Crippen LogP contribution in [0, 0.1) is 5.82 Å². The van der Waals surface area contributed by atoms with Gasteiger partial charge in [-0.3, -0.25) is 4.57 Å². The number of halogens is 2. The van der Waals surface area contributed by atoms with Gasteiger partial charge in [-0.2, -0.15) is 0 Å². The minimum absolute atomic E-state index is 0.305. The number of nitrogens with zero attached hydrogens (tertiary/aromatic N) is 3. The fourth-order valence-electron chi connectivity index (χ4n) is 1.87. The second kappa shape index (κ2) is 4.93. The Morgan fingerprint density at radius 1 is 1.05 bits per heavy atom. The highest BCUT2D eigenvalue weighted by Gasteiger charge is 2.12. The number of hydrogen-bond donors (Lipinski definition) is 0. The van der Waals surface area contributed by atoms with Gasteiger partial charge in [-0.1, -0.05) is 34.1 Å². The van der Waals surface area contributed by atoms with E-state index in [-0.39, 0.29) is 5.82 Å². The predicted octanol–water partition coefficient (Wildman–Crippen LogP) is 3.84. The third-order valence-corrected chi connectivity index (χ3v) is 3.44. The lowest BCUT2D eigenvalue weighted by Crippen LogP contribution is -1.96. The maximum atomic E-state index is 13.4. The minimum Gasteiger partial charge on any atom is -0.282 e. The Morgan fingerprint density at radius 2 is 1.84 bits per heavy atom. The van der Waals surface area contributed by atoms with E-state index in [1.54, 1.807) is 12.4 Å². The van der Waals surface area contributed by atoms with Gasteiger partial charge in [0.1, 0.15) is 12.1 Å². The molecule has 0 aliphatic carbocycles. The van der Waals surface area contributed by atoms with Crippen LogP contribution in [0.4, 0.5) is 4.39 Å². The first-order valence-corrected chi connectivity index (χ1v) is 6.46. The molecule has 19 heavy (non-hydrogen) atoms. The minimum atomic E-state index is -0.305. The van der Waals surface area contributed by atoms with Crippen molar-refractivity contribution in [2.45, 2.75) is 0 Å². The molecule has 3 rings (SSSR count). The molecule has 1 heterocycles. The fraction of sp³-hybridized carbons (Fsp3) is 0. The molecule has 3 nitrogen and oxygen atoms in total. The molecule has 0 aliphatic rings. The summed E-state index contributed by atoms with van der Waals surface area (Å²) in [6, 6.07) is 14.2. The van der Waals surface area contributed by atoms with Crippen LogP contribution in [0.25, 0.3) is 17.1 Å². The smallest absolute Gasteiger partial charge is 0.169 e. The van der Waals surface area contributed by atoms with Gasteiger partial charge in [0.05, 0.1) is 0 Å². The normalized spacial score (nSPS) is 10.6. The van der Waals surface area contributed by atoms with Crippen molar-refractivity contribution < 1.29 is 4.39 Å². The Balaban J connectivity index is 2.18. The SMILES string of the molecule is Fc1ccc(Br)c(-c2nncn2-c2ccccc2)c1. The van der Waals surface area contributed by atoms with Gasteiger partial charge < -0.3 is 0 Å². The second-order valence-electron chi connectivity index (χ2n) is 3.98. The molecule has 1 aromatic heterocycles. The summed E-state index contributed by atoms with van der Waals surface area (Å²) in [5.41, 5.74) is 1.60. The van der Waals surface area contributed by atoms with E-state index >= 15 is 0 Å². The first kappa shape index (κ1) is 12.0. The molecule has 0 radical (unpaired) electrons. The number of hydrogen-bond acceptors (Lipinski definition) is 2. The first-order valence-electron chi connectivity index (χ1n) is 5.66. The summed E-state index contributed by atoms with van der Waals surface area (Å²) >= 11 is 3.41. The zero-order valence-electron chi connectivity index (χ0n) is 9.79. The zero-order valence-corrected chi connectivity index (χ0v) is 11.4. The van der Waals surface area contributed by atoms with E-state index in [1.807, 2.05) is 34.9 Å². The van der Waals surface area contributed by atoms with Crippen molar-refractivity contribution in [3.63, 3.8) is 0 Å². The van der Waals surface area contributed by atoms with Crippen LogP contribution in [0.2, 0.25) is 0 Å². The summed E-state index contributed by atoms with van der Waals surface area (Å²) in [5, 5.41) is 8.00. The molecule has 0 N–H and O–H groups in total. The Labute approximate surface area is 117 Å². The standard InChI is InChI=1S/C14H9BrFN3/c15-13-7-6-10(16)8-12(13)14-18-17-9-19(14)11-4-2-1-3-5-11/h1-9H. The van der Waals surface area contributed by atoms with E-state index in [1.165, 1.54) is 12.1 Å². The molecule has 0 saturated heterocycles. The van der Waals surface area contributed by atoms with E-state index in [0.717, 1.165) is 10.2 Å². The molecule has 0 amide bonds. The monoisotopic (exact) mass is 317 g/mol. The quantitative estimate of drug-likeness (QED) is 0.719. The summed E-state index contributed by atoms with van der Waals surface area (Å²) in [6.07, 6.45) is 1.61. The highest BCUT2D eigenvalue weighted by Crippen LogP contribution is 2.28. The van der Waals surface area contributed by atoms with Gasteiger partial charge in [0.15, 0.2) is 5.82 Å². The Hall–Kier alpha value is -2.01. The number of benzene rings is 2. The van der Waals surface area contributed by atoms with Crippen molar-refractivity contribution in [1.29, 1.82) is 0 Å². The van der Waals surface area contributed by atoms with Crippen molar-refractivity contribution in [3.05, 3.63) is 65.1 Å².